The van der Waals surface area contributed by atoms with Gasteiger partial charge in [-0.15, -0.1) is 13.2 Å². The predicted molar refractivity (Wildman–Crippen MR) is 107 cm³/mol. The molecule has 6 nitrogen and oxygen atoms in total. The number of hydrogen-bond donors (Lipinski definition) is 1. The number of nitrogens with one attached hydrogen (secondary N) is 1. The zero-order valence-corrected chi connectivity index (χ0v) is 16.3. The summed E-state index contributed by atoms with van der Waals surface area (Å²) < 4.78 is 46.9. The van der Waals surface area contributed by atoms with Crippen LogP contribution in [-0.2, 0) is 0 Å². The molecule has 31 heavy (non-hydrogen) atoms. The summed E-state index contributed by atoms with van der Waals surface area (Å²) in [6.45, 7) is 0.853. The molecule has 1 amide bonds. The number of nitrogens with zero attached hydrogens (tertiary/aromatic N) is 1. The number of piperidine rings is 1. The number of H-pyrrole nitrogens is 1. The molecule has 0 unspecified atom stereocenters. The van der Waals surface area contributed by atoms with Gasteiger partial charge in [-0.2, -0.15) is 0 Å². The molecule has 0 atom stereocenters. The highest BCUT2D eigenvalue weighted by Crippen LogP contribution is 2.28. The van der Waals surface area contributed by atoms with E-state index in [1.807, 2.05) is 0 Å². The fourth-order valence-corrected chi connectivity index (χ4v) is 3.67. The van der Waals surface area contributed by atoms with Crippen molar-refractivity contribution in [2.45, 2.75) is 25.3 Å². The van der Waals surface area contributed by atoms with Crippen LogP contribution in [0.25, 0.3) is 10.9 Å². The molecule has 0 bridgehead atoms. The number of pyridine rings is 1. The van der Waals surface area contributed by atoms with E-state index in [9.17, 15) is 22.8 Å². The zero-order chi connectivity index (χ0) is 22.0. The summed E-state index contributed by atoms with van der Waals surface area (Å²) in [4.78, 5) is 29.7. The Morgan fingerprint density at radius 1 is 1.03 bits per heavy atom. The van der Waals surface area contributed by atoms with Crippen molar-refractivity contribution in [2.75, 3.05) is 13.1 Å². The van der Waals surface area contributed by atoms with Gasteiger partial charge in [-0.25, -0.2) is 0 Å². The number of carbonyl (C=O) groups is 1. The van der Waals surface area contributed by atoms with Gasteiger partial charge in [0.05, 0.1) is 11.1 Å². The van der Waals surface area contributed by atoms with Crippen molar-refractivity contribution < 1.29 is 27.4 Å². The lowest BCUT2D eigenvalue weighted by atomic mass is 10.0. The summed E-state index contributed by atoms with van der Waals surface area (Å²) >= 11 is 0. The number of rotatable bonds is 4. The van der Waals surface area contributed by atoms with Crippen LogP contribution in [0.2, 0.25) is 0 Å². The van der Waals surface area contributed by atoms with Crippen LogP contribution in [0.1, 0.15) is 23.2 Å². The molecule has 1 N–H and O–H groups in total. The van der Waals surface area contributed by atoms with Gasteiger partial charge in [-0.05, 0) is 24.3 Å². The average Bonchev–Trinajstić information content (AvgIpc) is 2.73. The van der Waals surface area contributed by atoms with E-state index in [2.05, 4.69) is 9.72 Å². The fourth-order valence-electron chi connectivity index (χ4n) is 3.67. The van der Waals surface area contributed by atoms with Gasteiger partial charge >= 0.3 is 6.36 Å². The maximum Gasteiger partial charge on any atom is 0.573 e. The number of hydrogen-bond acceptors (Lipinski definition) is 4. The number of para-hydroxylation sites is 1. The maximum atomic E-state index is 13.0. The van der Waals surface area contributed by atoms with Crippen LogP contribution < -0.4 is 14.9 Å². The van der Waals surface area contributed by atoms with Crippen molar-refractivity contribution in [1.29, 1.82) is 0 Å². The smallest absolute Gasteiger partial charge is 0.490 e. The second kappa shape index (κ2) is 8.33. The second-order valence-electron chi connectivity index (χ2n) is 7.20. The van der Waals surface area contributed by atoms with E-state index in [4.69, 9.17) is 4.74 Å². The number of alkyl halides is 3. The lowest BCUT2D eigenvalue weighted by Crippen LogP contribution is -2.41. The number of likely N-dealkylation sites (tertiary alicyclic amines) is 1. The lowest BCUT2D eigenvalue weighted by Gasteiger charge is -2.32. The SMILES string of the molecule is O=C(c1cccc2c(=O)cc[nH]c12)N1CCC(Oc2cccc(OC(F)(F)F)c2)CC1. The third kappa shape index (κ3) is 4.82. The van der Waals surface area contributed by atoms with Crippen LogP contribution >= 0.6 is 0 Å². The summed E-state index contributed by atoms with van der Waals surface area (Å²) in [6, 6.07) is 11.8. The Morgan fingerprint density at radius 3 is 2.48 bits per heavy atom. The molecule has 0 spiro atoms. The molecular formula is C22H19F3N2O4. The van der Waals surface area contributed by atoms with Gasteiger partial charge in [-0.3, -0.25) is 9.59 Å². The summed E-state index contributed by atoms with van der Waals surface area (Å²) in [7, 11) is 0. The van der Waals surface area contributed by atoms with Gasteiger partial charge in [0.15, 0.2) is 5.43 Å². The highest BCUT2D eigenvalue weighted by Gasteiger charge is 2.31. The Labute approximate surface area is 175 Å². The third-order valence-corrected chi connectivity index (χ3v) is 5.09. The minimum Gasteiger partial charge on any atom is -0.490 e. The Morgan fingerprint density at radius 2 is 1.74 bits per heavy atom. The molecule has 1 aliphatic heterocycles. The first-order valence-corrected chi connectivity index (χ1v) is 9.72. The van der Waals surface area contributed by atoms with Crippen molar-refractivity contribution in [2.24, 2.45) is 0 Å². The topological polar surface area (TPSA) is 71.6 Å². The van der Waals surface area contributed by atoms with E-state index in [0.717, 1.165) is 0 Å². The number of aromatic amines is 1. The molecule has 4 rings (SSSR count). The minimum atomic E-state index is -4.77. The highest BCUT2D eigenvalue weighted by atomic mass is 19.4. The predicted octanol–water partition coefficient (Wildman–Crippen LogP) is 4.11. The van der Waals surface area contributed by atoms with Crippen LogP contribution in [0.15, 0.2) is 59.5 Å². The number of halogens is 3. The number of ether oxygens (including phenoxy) is 2. The molecule has 1 saturated heterocycles. The average molecular weight is 432 g/mol. The van der Waals surface area contributed by atoms with Crippen molar-refractivity contribution in [3.63, 3.8) is 0 Å². The minimum absolute atomic E-state index is 0.160. The molecular weight excluding hydrogens is 413 g/mol. The largest absolute Gasteiger partial charge is 0.573 e. The molecule has 9 heteroatoms. The standard InChI is InChI=1S/C22H19F3N2O4/c23-22(24,25)31-16-4-1-3-15(13-16)30-14-8-11-27(12-9-14)21(29)18-6-2-5-17-19(28)7-10-26-20(17)18/h1-7,10,13-14H,8-9,11-12H2,(H,26,28). The van der Waals surface area contributed by atoms with E-state index in [1.54, 1.807) is 29.2 Å². The number of amides is 1. The monoisotopic (exact) mass is 432 g/mol. The van der Waals surface area contributed by atoms with Gasteiger partial charge in [0.25, 0.3) is 5.91 Å². The number of benzene rings is 2. The molecule has 3 aromatic rings. The Hall–Kier alpha value is -3.49. The molecule has 2 heterocycles. The normalized spacial score (nSPS) is 15.1. The summed E-state index contributed by atoms with van der Waals surface area (Å²) in [6.07, 6.45) is -2.44. The molecule has 1 aliphatic rings. The summed E-state index contributed by atoms with van der Waals surface area (Å²) in [5, 5.41) is 0.451. The van der Waals surface area contributed by atoms with E-state index in [-0.39, 0.29) is 28.9 Å². The lowest BCUT2D eigenvalue weighted by molar-refractivity contribution is -0.274. The maximum absolute atomic E-state index is 13.0. The molecule has 0 radical (unpaired) electrons. The van der Waals surface area contributed by atoms with Gasteiger partial charge in [-0.1, -0.05) is 12.1 Å². The van der Waals surface area contributed by atoms with E-state index in [1.165, 1.54) is 30.5 Å². The van der Waals surface area contributed by atoms with E-state index >= 15 is 0 Å². The second-order valence-corrected chi connectivity index (χ2v) is 7.20. The summed E-state index contributed by atoms with van der Waals surface area (Å²) in [5.41, 5.74) is 0.763. The quantitative estimate of drug-likeness (QED) is 0.674. The Balaban J connectivity index is 1.41. The first kappa shape index (κ1) is 20.8. The van der Waals surface area contributed by atoms with Gasteiger partial charge in [0, 0.05) is 49.6 Å². The highest BCUT2D eigenvalue weighted by molar-refractivity contribution is 6.05. The molecule has 1 aromatic heterocycles. The molecule has 2 aromatic carbocycles. The number of fused-ring (bicyclic) bond motifs is 1. The first-order chi connectivity index (χ1) is 14.8. The Bertz CT molecular complexity index is 1150. The fraction of sp³-hybridized carbons (Fsp3) is 0.273. The van der Waals surface area contributed by atoms with Crippen molar-refractivity contribution >= 4 is 16.8 Å². The Kier molecular flexibility index (Phi) is 5.58. The summed E-state index contributed by atoms with van der Waals surface area (Å²) in [5.74, 6) is -0.257. The van der Waals surface area contributed by atoms with Crippen LogP contribution in [0.5, 0.6) is 11.5 Å². The van der Waals surface area contributed by atoms with Gasteiger partial charge < -0.3 is 19.4 Å². The van der Waals surface area contributed by atoms with E-state index in [0.29, 0.717) is 42.4 Å². The van der Waals surface area contributed by atoms with Gasteiger partial charge in [0.2, 0.25) is 0 Å². The zero-order valence-electron chi connectivity index (χ0n) is 16.3. The molecule has 1 fully saturated rings. The first-order valence-electron chi connectivity index (χ1n) is 9.72. The van der Waals surface area contributed by atoms with Gasteiger partial charge in [0.1, 0.15) is 17.6 Å². The van der Waals surface area contributed by atoms with E-state index < -0.39 is 6.36 Å². The van der Waals surface area contributed by atoms with Crippen LogP contribution in [0.4, 0.5) is 13.2 Å². The van der Waals surface area contributed by atoms with Crippen molar-refractivity contribution in [1.82, 2.24) is 9.88 Å². The number of carbonyl (C=O) groups excluding carboxylic acids is 1. The number of aromatic nitrogens is 1. The molecule has 0 aliphatic carbocycles. The molecule has 162 valence electrons. The van der Waals surface area contributed by atoms with Crippen molar-refractivity contribution in [3.05, 3.63) is 70.5 Å². The van der Waals surface area contributed by atoms with Crippen LogP contribution in [0, 0.1) is 0 Å². The van der Waals surface area contributed by atoms with Crippen LogP contribution in [0.3, 0.4) is 0 Å². The van der Waals surface area contributed by atoms with Crippen molar-refractivity contribution in [3.8, 4) is 11.5 Å². The third-order valence-electron chi connectivity index (χ3n) is 5.09. The van der Waals surface area contributed by atoms with Crippen LogP contribution in [-0.4, -0.2) is 41.3 Å². The molecule has 0 saturated carbocycles.